The zero-order chi connectivity index (χ0) is 9.52. The van der Waals surface area contributed by atoms with Crippen LogP contribution >= 0.6 is 12.6 Å². The molecule has 1 aliphatic heterocycles. The van der Waals surface area contributed by atoms with Crippen molar-refractivity contribution in [3.8, 4) is 0 Å². The van der Waals surface area contributed by atoms with Crippen LogP contribution in [0.25, 0.3) is 0 Å². The molecule has 0 amide bonds. The van der Waals surface area contributed by atoms with Gasteiger partial charge in [-0.3, -0.25) is 4.90 Å². The molecule has 0 N–H and O–H groups in total. The van der Waals surface area contributed by atoms with Crippen molar-refractivity contribution in [3.63, 3.8) is 0 Å². The molecule has 0 spiro atoms. The third-order valence-corrected chi connectivity index (χ3v) is 2.96. The van der Waals surface area contributed by atoms with Gasteiger partial charge in [0.25, 0.3) is 0 Å². The smallest absolute Gasteiger partial charge is 0.0163 e. The van der Waals surface area contributed by atoms with Gasteiger partial charge in [-0.1, -0.05) is 19.1 Å². The van der Waals surface area contributed by atoms with E-state index < -0.39 is 0 Å². The summed E-state index contributed by atoms with van der Waals surface area (Å²) in [5.74, 6) is 1.79. The van der Waals surface area contributed by atoms with Gasteiger partial charge in [-0.2, -0.15) is 12.6 Å². The zero-order valence-electron chi connectivity index (χ0n) is 8.58. The topological polar surface area (TPSA) is 3.24 Å². The maximum atomic E-state index is 4.15. The van der Waals surface area contributed by atoms with Gasteiger partial charge in [-0.15, -0.1) is 0 Å². The van der Waals surface area contributed by atoms with Crippen LogP contribution < -0.4 is 0 Å². The fourth-order valence-electron chi connectivity index (χ4n) is 1.80. The lowest BCUT2D eigenvalue weighted by Gasteiger charge is -2.17. The van der Waals surface area contributed by atoms with Crippen LogP contribution in [0.4, 0.5) is 0 Å². The molecule has 0 aromatic heterocycles. The summed E-state index contributed by atoms with van der Waals surface area (Å²) in [6, 6.07) is 0. The first-order valence-corrected chi connectivity index (χ1v) is 5.94. The Balaban J connectivity index is 2.21. The minimum Gasteiger partial charge on any atom is -0.300 e. The summed E-state index contributed by atoms with van der Waals surface area (Å²) in [7, 11) is 0. The highest BCUT2D eigenvalue weighted by Gasteiger charge is 2.11. The Labute approximate surface area is 87.6 Å². The number of hydrogen-bond donors (Lipinski definition) is 1. The minimum absolute atomic E-state index is 0.865. The van der Waals surface area contributed by atoms with Crippen molar-refractivity contribution in [2.24, 2.45) is 5.92 Å². The van der Waals surface area contributed by atoms with E-state index in [2.05, 4.69) is 36.6 Å². The predicted octanol–water partition coefficient (Wildman–Crippen LogP) is 2.59. The maximum absolute atomic E-state index is 4.15. The summed E-state index contributed by atoms with van der Waals surface area (Å²) in [6.07, 6.45) is 8.53. The molecule has 0 aromatic rings. The molecule has 1 rings (SSSR count). The standard InChI is InChI=1S/C11H21NS/c1-11-5-4-8-12(9-6-11)7-2-3-10-13/h2-3,11,13H,4-10H2,1H3. The normalized spacial score (nSPS) is 26.5. The summed E-state index contributed by atoms with van der Waals surface area (Å²) >= 11 is 4.15. The number of hydrogen-bond acceptors (Lipinski definition) is 2. The molecule has 0 radical (unpaired) electrons. The van der Waals surface area contributed by atoms with Crippen LogP contribution in [-0.4, -0.2) is 30.3 Å². The van der Waals surface area contributed by atoms with E-state index in [4.69, 9.17) is 0 Å². The highest BCUT2D eigenvalue weighted by Crippen LogP contribution is 2.15. The fourth-order valence-corrected chi connectivity index (χ4v) is 1.95. The summed E-state index contributed by atoms with van der Waals surface area (Å²) in [5.41, 5.74) is 0. The molecule has 13 heavy (non-hydrogen) atoms. The Hall–Kier alpha value is 0.0500. The Morgan fingerprint density at radius 2 is 2.15 bits per heavy atom. The van der Waals surface area contributed by atoms with E-state index in [1.165, 1.54) is 32.4 Å². The molecular weight excluding hydrogens is 178 g/mol. The van der Waals surface area contributed by atoms with Crippen LogP contribution in [0.15, 0.2) is 12.2 Å². The van der Waals surface area contributed by atoms with Crippen molar-refractivity contribution in [3.05, 3.63) is 12.2 Å². The van der Waals surface area contributed by atoms with E-state index in [0.717, 1.165) is 18.2 Å². The lowest BCUT2D eigenvalue weighted by atomic mass is 10.0. The van der Waals surface area contributed by atoms with Crippen LogP contribution in [0, 0.1) is 5.92 Å². The molecule has 1 unspecified atom stereocenters. The minimum atomic E-state index is 0.865. The van der Waals surface area contributed by atoms with Gasteiger partial charge in [-0.05, 0) is 38.3 Å². The molecule has 2 heteroatoms. The molecule has 1 heterocycles. The van der Waals surface area contributed by atoms with E-state index in [1.54, 1.807) is 0 Å². The first kappa shape index (κ1) is 11.1. The monoisotopic (exact) mass is 199 g/mol. The Kier molecular flexibility index (Phi) is 5.56. The predicted molar refractivity (Wildman–Crippen MR) is 62.4 cm³/mol. The fraction of sp³-hybridized carbons (Fsp3) is 0.818. The average Bonchev–Trinajstić information content (AvgIpc) is 2.32. The van der Waals surface area contributed by atoms with Gasteiger partial charge < -0.3 is 0 Å². The molecule has 1 atom stereocenters. The molecular formula is C11H21NS. The van der Waals surface area contributed by atoms with E-state index in [9.17, 15) is 0 Å². The van der Waals surface area contributed by atoms with Crippen molar-refractivity contribution >= 4 is 12.6 Å². The van der Waals surface area contributed by atoms with Gasteiger partial charge in [0.2, 0.25) is 0 Å². The van der Waals surface area contributed by atoms with E-state index in [0.29, 0.717) is 0 Å². The first-order chi connectivity index (χ1) is 6.33. The van der Waals surface area contributed by atoms with Gasteiger partial charge in [0, 0.05) is 12.3 Å². The van der Waals surface area contributed by atoms with E-state index >= 15 is 0 Å². The van der Waals surface area contributed by atoms with Crippen LogP contribution in [-0.2, 0) is 0 Å². The quantitative estimate of drug-likeness (QED) is 0.540. The highest BCUT2D eigenvalue weighted by molar-refractivity contribution is 7.80. The summed E-state index contributed by atoms with van der Waals surface area (Å²) < 4.78 is 0. The van der Waals surface area contributed by atoms with Gasteiger partial charge in [0.05, 0.1) is 0 Å². The summed E-state index contributed by atoms with van der Waals surface area (Å²) in [4.78, 5) is 2.55. The molecule has 76 valence electrons. The van der Waals surface area contributed by atoms with Crippen LogP contribution in [0.3, 0.4) is 0 Å². The largest absolute Gasteiger partial charge is 0.300 e. The number of likely N-dealkylation sites (tertiary alicyclic amines) is 1. The Bertz CT molecular complexity index is 156. The van der Waals surface area contributed by atoms with Crippen molar-refractivity contribution in [1.29, 1.82) is 0 Å². The Morgan fingerprint density at radius 1 is 1.31 bits per heavy atom. The van der Waals surface area contributed by atoms with Gasteiger partial charge >= 0.3 is 0 Å². The average molecular weight is 199 g/mol. The van der Waals surface area contributed by atoms with Crippen molar-refractivity contribution in [1.82, 2.24) is 4.90 Å². The number of rotatable bonds is 3. The second kappa shape index (κ2) is 6.50. The molecule has 1 fully saturated rings. The Morgan fingerprint density at radius 3 is 2.92 bits per heavy atom. The molecule has 1 nitrogen and oxygen atoms in total. The molecule has 0 saturated carbocycles. The van der Waals surface area contributed by atoms with E-state index in [-0.39, 0.29) is 0 Å². The molecule has 1 saturated heterocycles. The lowest BCUT2D eigenvalue weighted by molar-refractivity contribution is 0.311. The molecule has 1 aliphatic rings. The van der Waals surface area contributed by atoms with Gasteiger partial charge in [-0.25, -0.2) is 0 Å². The summed E-state index contributed by atoms with van der Waals surface area (Å²) in [6.45, 7) is 6.04. The second-order valence-electron chi connectivity index (χ2n) is 3.99. The first-order valence-electron chi connectivity index (χ1n) is 5.31. The molecule has 0 aromatic carbocycles. The second-order valence-corrected chi connectivity index (χ2v) is 4.36. The van der Waals surface area contributed by atoms with Crippen molar-refractivity contribution in [2.45, 2.75) is 26.2 Å². The highest BCUT2D eigenvalue weighted by atomic mass is 32.1. The zero-order valence-corrected chi connectivity index (χ0v) is 9.47. The number of nitrogens with zero attached hydrogens (tertiary/aromatic N) is 1. The number of thiol groups is 1. The molecule has 0 bridgehead atoms. The molecule has 0 aliphatic carbocycles. The van der Waals surface area contributed by atoms with Crippen molar-refractivity contribution < 1.29 is 0 Å². The van der Waals surface area contributed by atoms with Crippen LogP contribution in [0.2, 0.25) is 0 Å². The van der Waals surface area contributed by atoms with E-state index in [1.807, 2.05) is 0 Å². The third kappa shape index (κ3) is 4.72. The lowest BCUT2D eigenvalue weighted by Crippen LogP contribution is -2.24. The van der Waals surface area contributed by atoms with Gasteiger partial charge in [0.15, 0.2) is 0 Å². The van der Waals surface area contributed by atoms with Crippen molar-refractivity contribution in [2.75, 3.05) is 25.4 Å². The SMILES string of the molecule is CC1CCCN(CC=CCS)CC1. The summed E-state index contributed by atoms with van der Waals surface area (Å²) in [5, 5.41) is 0. The third-order valence-electron chi connectivity index (χ3n) is 2.75. The van der Waals surface area contributed by atoms with Crippen LogP contribution in [0.1, 0.15) is 26.2 Å². The maximum Gasteiger partial charge on any atom is 0.0163 e. The van der Waals surface area contributed by atoms with Crippen LogP contribution in [0.5, 0.6) is 0 Å². The van der Waals surface area contributed by atoms with Gasteiger partial charge in [0.1, 0.15) is 0 Å².